The highest BCUT2D eigenvalue weighted by Gasteiger charge is 2.10. The van der Waals surface area contributed by atoms with Gasteiger partial charge in [0, 0.05) is 5.54 Å². The normalized spacial score (nSPS) is 11.4. The maximum absolute atomic E-state index is 5.66. The highest BCUT2D eigenvalue weighted by atomic mass is 35.5. The summed E-state index contributed by atoms with van der Waals surface area (Å²) >= 11 is 0. The van der Waals surface area contributed by atoms with E-state index in [0.717, 1.165) is 0 Å². The molecule has 0 aromatic rings. The Morgan fingerprint density at radius 3 is 1.90 bits per heavy atom. The van der Waals surface area contributed by atoms with Crippen LogP contribution in [0.25, 0.3) is 0 Å². The molecule has 0 aromatic carbocycles. The molecule has 0 aliphatic rings. The van der Waals surface area contributed by atoms with Crippen LogP contribution in [0.5, 0.6) is 0 Å². The van der Waals surface area contributed by atoms with Gasteiger partial charge in [-0.15, -0.1) is 12.4 Å². The van der Waals surface area contributed by atoms with Crippen molar-refractivity contribution in [2.24, 2.45) is 5.73 Å². The van der Waals surface area contributed by atoms with Crippen LogP contribution in [0.1, 0.15) is 27.7 Å². The van der Waals surface area contributed by atoms with Gasteiger partial charge in [-0.1, -0.05) is 0 Å². The van der Waals surface area contributed by atoms with E-state index in [-0.39, 0.29) is 24.0 Å². The van der Waals surface area contributed by atoms with Gasteiger partial charge in [-0.3, -0.25) is 0 Å². The first-order valence-corrected chi connectivity index (χ1v) is 3.32. The van der Waals surface area contributed by atoms with Crippen molar-refractivity contribution in [3.63, 3.8) is 0 Å². The van der Waals surface area contributed by atoms with E-state index in [0.29, 0.717) is 6.61 Å². The first-order chi connectivity index (χ1) is 3.92. The highest BCUT2D eigenvalue weighted by Crippen LogP contribution is 1.99. The lowest BCUT2D eigenvalue weighted by molar-refractivity contribution is 0.0497. The fraction of sp³-hybridized carbons (Fsp3) is 1.00. The zero-order valence-electron chi connectivity index (χ0n) is 7.18. The summed E-state index contributed by atoms with van der Waals surface area (Å²) in [5, 5.41) is 0. The number of ether oxygens (including phenoxy) is 1. The third-order valence-electron chi connectivity index (χ3n) is 0.789. The van der Waals surface area contributed by atoms with Crippen molar-refractivity contribution >= 4 is 12.4 Å². The number of hydrogen-bond donors (Lipinski definition) is 1. The molecule has 0 atom stereocenters. The van der Waals surface area contributed by atoms with Gasteiger partial charge in [-0.25, -0.2) is 0 Å². The van der Waals surface area contributed by atoms with Crippen LogP contribution in [-0.4, -0.2) is 18.2 Å². The van der Waals surface area contributed by atoms with Crippen LogP contribution in [0.2, 0.25) is 0 Å². The molecule has 2 N–H and O–H groups in total. The molecule has 3 heteroatoms. The van der Waals surface area contributed by atoms with Crippen LogP contribution in [0.3, 0.4) is 0 Å². The summed E-state index contributed by atoms with van der Waals surface area (Å²) < 4.78 is 5.28. The molecular weight excluding hydrogens is 150 g/mol. The Morgan fingerprint density at radius 1 is 1.40 bits per heavy atom. The van der Waals surface area contributed by atoms with Gasteiger partial charge in [0.1, 0.15) is 0 Å². The molecule has 0 radical (unpaired) electrons. The molecule has 10 heavy (non-hydrogen) atoms. The molecule has 0 amide bonds. The lowest BCUT2D eigenvalue weighted by atomic mass is 10.1. The SMILES string of the molecule is CC(C)OCC(C)(C)N.Cl. The third-order valence-corrected chi connectivity index (χ3v) is 0.789. The molecule has 0 saturated carbocycles. The first kappa shape index (κ1) is 12.8. The largest absolute Gasteiger partial charge is 0.377 e. The van der Waals surface area contributed by atoms with E-state index in [4.69, 9.17) is 10.5 Å². The van der Waals surface area contributed by atoms with Crippen LogP contribution < -0.4 is 5.73 Å². The molecule has 0 fully saturated rings. The monoisotopic (exact) mass is 167 g/mol. The maximum atomic E-state index is 5.66. The van der Waals surface area contributed by atoms with Gasteiger partial charge in [0.2, 0.25) is 0 Å². The predicted molar refractivity (Wildman–Crippen MR) is 46.6 cm³/mol. The van der Waals surface area contributed by atoms with Gasteiger partial charge in [-0.2, -0.15) is 0 Å². The van der Waals surface area contributed by atoms with E-state index >= 15 is 0 Å². The van der Waals surface area contributed by atoms with Crippen LogP contribution >= 0.6 is 12.4 Å². The summed E-state index contributed by atoms with van der Waals surface area (Å²) in [4.78, 5) is 0. The second-order valence-corrected chi connectivity index (χ2v) is 3.35. The lowest BCUT2D eigenvalue weighted by Crippen LogP contribution is -2.38. The average molecular weight is 168 g/mol. The van der Waals surface area contributed by atoms with Crippen LogP contribution in [0.4, 0.5) is 0 Å². The first-order valence-electron chi connectivity index (χ1n) is 3.32. The molecule has 0 unspecified atom stereocenters. The highest BCUT2D eigenvalue weighted by molar-refractivity contribution is 5.85. The van der Waals surface area contributed by atoms with Gasteiger partial charge >= 0.3 is 0 Å². The van der Waals surface area contributed by atoms with Gasteiger partial charge in [0.15, 0.2) is 0 Å². The summed E-state index contributed by atoms with van der Waals surface area (Å²) in [5.74, 6) is 0. The molecule has 0 rings (SSSR count). The molecule has 0 spiro atoms. The Bertz CT molecular complexity index is 78.2. The van der Waals surface area contributed by atoms with Crippen molar-refractivity contribution in [2.75, 3.05) is 6.61 Å². The van der Waals surface area contributed by atoms with Gasteiger partial charge in [0.25, 0.3) is 0 Å². The van der Waals surface area contributed by atoms with Crippen molar-refractivity contribution in [1.29, 1.82) is 0 Å². The zero-order chi connectivity index (χ0) is 7.49. The molecule has 2 nitrogen and oxygen atoms in total. The molecule has 0 aromatic heterocycles. The van der Waals surface area contributed by atoms with Crippen molar-refractivity contribution < 1.29 is 4.74 Å². The summed E-state index contributed by atoms with van der Waals surface area (Å²) in [6.07, 6.45) is 0.285. The molecule has 0 bridgehead atoms. The Hall–Kier alpha value is 0.210. The van der Waals surface area contributed by atoms with Crippen molar-refractivity contribution in [3.05, 3.63) is 0 Å². The van der Waals surface area contributed by atoms with Crippen molar-refractivity contribution in [3.8, 4) is 0 Å². The summed E-state index contributed by atoms with van der Waals surface area (Å²) in [5.41, 5.74) is 5.47. The van der Waals surface area contributed by atoms with E-state index < -0.39 is 0 Å². The number of halogens is 1. The molecule has 0 aliphatic carbocycles. The number of nitrogens with two attached hydrogens (primary N) is 1. The minimum atomic E-state index is -0.190. The summed E-state index contributed by atoms with van der Waals surface area (Å²) in [6.45, 7) is 8.55. The van der Waals surface area contributed by atoms with Crippen molar-refractivity contribution in [2.45, 2.75) is 39.3 Å². The lowest BCUT2D eigenvalue weighted by Gasteiger charge is -2.19. The van der Waals surface area contributed by atoms with Crippen molar-refractivity contribution in [1.82, 2.24) is 0 Å². The second-order valence-electron chi connectivity index (χ2n) is 3.35. The summed E-state index contributed by atoms with van der Waals surface area (Å²) in [6, 6.07) is 0. The Labute approximate surface area is 69.5 Å². The van der Waals surface area contributed by atoms with E-state index in [1.54, 1.807) is 0 Å². The smallest absolute Gasteiger partial charge is 0.0644 e. The molecule has 0 heterocycles. The summed E-state index contributed by atoms with van der Waals surface area (Å²) in [7, 11) is 0. The number of hydrogen-bond acceptors (Lipinski definition) is 2. The van der Waals surface area contributed by atoms with Crippen LogP contribution in [0, 0.1) is 0 Å². The van der Waals surface area contributed by atoms with Crippen LogP contribution in [-0.2, 0) is 4.74 Å². The maximum Gasteiger partial charge on any atom is 0.0644 e. The van der Waals surface area contributed by atoms with Gasteiger partial charge in [-0.05, 0) is 27.7 Å². The fourth-order valence-corrected chi connectivity index (χ4v) is 0.381. The molecule has 0 saturated heterocycles. The third kappa shape index (κ3) is 11.1. The van der Waals surface area contributed by atoms with Crippen LogP contribution in [0.15, 0.2) is 0 Å². The van der Waals surface area contributed by atoms with E-state index in [9.17, 15) is 0 Å². The van der Waals surface area contributed by atoms with Gasteiger partial charge in [0.05, 0.1) is 12.7 Å². The average Bonchev–Trinajstić information content (AvgIpc) is 1.59. The minimum absolute atomic E-state index is 0. The molecule has 0 aliphatic heterocycles. The number of rotatable bonds is 3. The molecular formula is C7H18ClNO. The quantitative estimate of drug-likeness (QED) is 0.693. The Kier molecular flexibility index (Phi) is 6.35. The topological polar surface area (TPSA) is 35.2 Å². The Morgan fingerprint density at radius 2 is 1.80 bits per heavy atom. The Balaban J connectivity index is 0. The predicted octanol–water partition coefficient (Wildman–Crippen LogP) is 1.57. The minimum Gasteiger partial charge on any atom is -0.377 e. The second kappa shape index (κ2) is 4.94. The fourth-order valence-electron chi connectivity index (χ4n) is 0.381. The molecule has 64 valence electrons. The standard InChI is InChI=1S/C7H17NO.ClH/c1-6(2)9-5-7(3,4)8;/h6H,5,8H2,1-4H3;1H. The van der Waals surface area contributed by atoms with E-state index in [1.165, 1.54) is 0 Å². The van der Waals surface area contributed by atoms with E-state index in [1.807, 2.05) is 27.7 Å². The van der Waals surface area contributed by atoms with E-state index in [2.05, 4.69) is 0 Å². The van der Waals surface area contributed by atoms with Gasteiger partial charge < -0.3 is 10.5 Å². The zero-order valence-corrected chi connectivity index (χ0v) is 7.99.